The Labute approximate surface area is 163 Å². The second-order valence-corrected chi connectivity index (χ2v) is 6.34. The van der Waals surface area contributed by atoms with Crippen molar-refractivity contribution in [3.63, 3.8) is 0 Å². The molecule has 5 nitrogen and oxygen atoms in total. The molecule has 0 aliphatic heterocycles. The van der Waals surface area contributed by atoms with Crippen LogP contribution in [0.3, 0.4) is 0 Å². The maximum atomic E-state index is 12.6. The molecule has 3 aromatic rings. The molecule has 0 N–H and O–H groups in total. The minimum absolute atomic E-state index is 0.247. The summed E-state index contributed by atoms with van der Waals surface area (Å²) < 4.78 is 15.7. The van der Waals surface area contributed by atoms with Crippen LogP contribution in [-0.4, -0.2) is 12.8 Å². The van der Waals surface area contributed by atoms with E-state index in [2.05, 4.69) is 19.6 Å². The summed E-state index contributed by atoms with van der Waals surface area (Å²) in [7, 11) is 0. The second-order valence-electron chi connectivity index (χ2n) is 6.34. The molecule has 0 atom stereocenters. The van der Waals surface area contributed by atoms with Gasteiger partial charge in [-0.3, -0.25) is 0 Å². The third-order valence-electron chi connectivity index (χ3n) is 4.41. The highest BCUT2D eigenvalue weighted by Gasteiger charge is 2.12. The number of unbranched alkanes of at least 4 members (excludes halogenated alkanes) is 1. The summed E-state index contributed by atoms with van der Waals surface area (Å²) in [5.74, 6) is -0.137. The molecule has 144 valence electrons. The molecule has 3 rings (SSSR count). The van der Waals surface area contributed by atoms with Gasteiger partial charge in [-0.2, -0.15) is 0 Å². The van der Waals surface area contributed by atoms with E-state index in [4.69, 9.17) is 13.9 Å². The number of ether oxygens (including phenoxy) is 2. The van der Waals surface area contributed by atoms with Crippen molar-refractivity contribution in [3.05, 3.63) is 77.2 Å². The summed E-state index contributed by atoms with van der Waals surface area (Å²) in [5.41, 5.74) is 2.61. The molecular weight excluding hydrogens is 356 g/mol. The first-order valence-corrected chi connectivity index (χ1v) is 9.20. The Morgan fingerprint density at radius 2 is 1.96 bits per heavy atom. The fourth-order valence-electron chi connectivity index (χ4n) is 2.95. The summed E-state index contributed by atoms with van der Waals surface area (Å²) in [5, 5.41) is 0.787. The van der Waals surface area contributed by atoms with Gasteiger partial charge in [-0.1, -0.05) is 44.2 Å². The predicted octanol–water partition coefficient (Wildman–Crippen LogP) is 4.87. The van der Waals surface area contributed by atoms with E-state index in [-0.39, 0.29) is 6.79 Å². The van der Waals surface area contributed by atoms with Crippen LogP contribution in [0.4, 0.5) is 0 Å². The van der Waals surface area contributed by atoms with Crippen LogP contribution in [-0.2, 0) is 16.0 Å². The fourth-order valence-corrected chi connectivity index (χ4v) is 2.95. The van der Waals surface area contributed by atoms with Crippen molar-refractivity contribution in [2.24, 2.45) is 0 Å². The number of hydrogen-bond donors (Lipinski definition) is 0. The Kier molecular flexibility index (Phi) is 6.27. The van der Waals surface area contributed by atoms with Gasteiger partial charge >= 0.3 is 11.6 Å². The smallest absolute Gasteiger partial charge is 0.344 e. The van der Waals surface area contributed by atoms with E-state index in [1.54, 1.807) is 18.2 Å². The van der Waals surface area contributed by atoms with Gasteiger partial charge in [0.05, 0.1) is 5.56 Å². The lowest BCUT2D eigenvalue weighted by atomic mass is 9.96. The molecule has 0 bridgehead atoms. The number of rotatable bonds is 8. The van der Waals surface area contributed by atoms with E-state index < -0.39 is 11.6 Å². The number of benzene rings is 2. The Hall–Kier alpha value is -3.34. The first-order chi connectivity index (χ1) is 13.6. The van der Waals surface area contributed by atoms with Gasteiger partial charge in [0.2, 0.25) is 6.79 Å². The molecule has 0 saturated carbocycles. The van der Waals surface area contributed by atoms with E-state index in [0.29, 0.717) is 16.9 Å². The number of esters is 1. The predicted molar refractivity (Wildman–Crippen MR) is 108 cm³/mol. The van der Waals surface area contributed by atoms with E-state index in [1.165, 1.54) is 0 Å². The van der Waals surface area contributed by atoms with Crippen molar-refractivity contribution in [1.82, 2.24) is 0 Å². The lowest BCUT2D eigenvalue weighted by molar-refractivity contribution is -0.144. The molecule has 0 fully saturated rings. The average Bonchev–Trinajstić information content (AvgIpc) is 2.71. The van der Waals surface area contributed by atoms with Gasteiger partial charge in [0.1, 0.15) is 11.3 Å². The molecule has 28 heavy (non-hydrogen) atoms. The van der Waals surface area contributed by atoms with Crippen molar-refractivity contribution in [1.29, 1.82) is 0 Å². The highest BCUT2D eigenvalue weighted by Crippen LogP contribution is 2.27. The van der Waals surface area contributed by atoms with Gasteiger partial charge in [-0.25, -0.2) is 9.59 Å². The molecule has 2 aromatic carbocycles. The third-order valence-corrected chi connectivity index (χ3v) is 4.41. The summed E-state index contributed by atoms with van der Waals surface area (Å²) in [6.45, 7) is 5.21. The van der Waals surface area contributed by atoms with Crippen molar-refractivity contribution in [2.75, 3.05) is 6.79 Å². The normalized spacial score (nSPS) is 10.6. The third kappa shape index (κ3) is 4.49. The van der Waals surface area contributed by atoms with E-state index >= 15 is 0 Å². The number of fused-ring (bicyclic) bond motifs is 1. The Morgan fingerprint density at radius 1 is 1.14 bits per heavy atom. The van der Waals surface area contributed by atoms with Crippen molar-refractivity contribution < 1.29 is 18.7 Å². The first-order valence-electron chi connectivity index (χ1n) is 9.20. The maximum absolute atomic E-state index is 12.6. The zero-order valence-electron chi connectivity index (χ0n) is 15.8. The highest BCUT2D eigenvalue weighted by molar-refractivity contribution is 5.83. The van der Waals surface area contributed by atoms with Crippen LogP contribution in [0.15, 0.2) is 70.4 Å². The molecule has 5 heteroatoms. The molecule has 0 radical (unpaired) electrons. The minimum Gasteiger partial charge on any atom is -0.457 e. The van der Waals surface area contributed by atoms with Crippen molar-refractivity contribution in [2.45, 2.75) is 26.2 Å². The van der Waals surface area contributed by atoms with Gasteiger partial charge in [0.25, 0.3) is 0 Å². The van der Waals surface area contributed by atoms with Crippen LogP contribution in [0.2, 0.25) is 0 Å². The zero-order chi connectivity index (χ0) is 19.9. The van der Waals surface area contributed by atoms with Gasteiger partial charge in [-0.05, 0) is 42.2 Å². The SMILES string of the molecule is C=CC(=O)OCOc1ccc2cc(-c3ccccc3CCCC)c(=O)oc2c1. The molecular formula is C23H22O5. The lowest BCUT2D eigenvalue weighted by Gasteiger charge is -2.10. The molecule has 0 aliphatic rings. The number of carbonyl (C=O) groups excluding carboxylic acids is 1. The summed E-state index contributed by atoms with van der Waals surface area (Å²) in [6, 6.07) is 14.9. The van der Waals surface area contributed by atoms with Crippen LogP contribution in [0.1, 0.15) is 25.3 Å². The second kappa shape index (κ2) is 9.04. The molecule has 0 unspecified atom stereocenters. The Bertz CT molecular complexity index is 1050. The fraction of sp³-hybridized carbons (Fsp3) is 0.217. The van der Waals surface area contributed by atoms with E-state index in [9.17, 15) is 9.59 Å². The molecule has 0 saturated heterocycles. The molecule has 0 amide bonds. The topological polar surface area (TPSA) is 65.7 Å². The molecule has 1 aromatic heterocycles. The molecule has 0 aliphatic carbocycles. The number of hydrogen-bond acceptors (Lipinski definition) is 5. The quantitative estimate of drug-likeness (QED) is 0.242. The van der Waals surface area contributed by atoms with Crippen molar-refractivity contribution >= 4 is 16.9 Å². The van der Waals surface area contributed by atoms with Crippen LogP contribution in [0, 0.1) is 0 Å². The molecule has 1 heterocycles. The van der Waals surface area contributed by atoms with Crippen LogP contribution in [0.25, 0.3) is 22.1 Å². The van der Waals surface area contributed by atoms with Gasteiger partial charge in [-0.15, -0.1) is 0 Å². The average molecular weight is 378 g/mol. The minimum atomic E-state index is -0.571. The monoisotopic (exact) mass is 378 g/mol. The molecule has 0 spiro atoms. The van der Waals surface area contributed by atoms with Gasteiger partial charge < -0.3 is 13.9 Å². The van der Waals surface area contributed by atoms with Crippen LogP contribution >= 0.6 is 0 Å². The van der Waals surface area contributed by atoms with E-state index in [1.807, 2.05) is 24.3 Å². The number of aryl methyl sites for hydroxylation is 1. The highest BCUT2D eigenvalue weighted by atomic mass is 16.7. The summed E-state index contributed by atoms with van der Waals surface area (Å²) in [4.78, 5) is 23.7. The number of carbonyl (C=O) groups is 1. The standard InChI is InChI=1S/C23H22O5/c1-3-5-8-16-9-6-7-10-19(16)20-13-17-11-12-18(14-21(17)28-23(20)25)26-15-27-22(24)4-2/h4,6-7,9-14H,2-3,5,8,15H2,1H3. The Balaban J connectivity index is 1.90. The zero-order valence-corrected chi connectivity index (χ0v) is 15.8. The van der Waals surface area contributed by atoms with Crippen LogP contribution < -0.4 is 10.4 Å². The Morgan fingerprint density at radius 3 is 2.75 bits per heavy atom. The van der Waals surface area contributed by atoms with Crippen LogP contribution in [0.5, 0.6) is 5.75 Å². The van der Waals surface area contributed by atoms with Crippen molar-refractivity contribution in [3.8, 4) is 16.9 Å². The maximum Gasteiger partial charge on any atom is 0.344 e. The van der Waals surface area contributed by atoms with Gasteiger partial charge in [0, 0.05) is 17.5 Å². The van der Waals surface area contributed by atoms with E-state index in [0.717, 1.165) is 41.9 Å². The first kappa shape index (κ1) is 19.4. The largest absolute Gasteiger partial charge is 0.457 e. The van der Waals surface area contributed by atoms with Gasteiger partial charge in [0.15, 0.2) is 0 Å². The summed E-state index contributed by atoms with van der Waals surface area (Å²) >= 11 is 0. The lowest BCUT2D eigenvalue weighted by Crippen LogP contribution is -2.08. The summed E-state index contributed by atoms with van der Waals surface area (Å²) in [6.07, 6.45) is 4.13.